The highest BCUT2D eigenvalue weighted by Gasteiger charge is 2.34. The van der Waals surface area contributed by atoms with Crippen molar-refractivity contribution >= 4 is 11.9 Å². The van der Waals surface area contributed by atoms with Gasteiger partial charge in [-0.3, -0.25) is 0 Å². The predicted octanol–water partition coefficient (Wildman–Crippen LogP) is 2.68. The summed E-state index contributed by atoms with van der Waals surface area (Å²) in [7, 11) is 0. The summed E-state index contributed by atoms with van der Waals surface area (Å²) in [6.07, 6.45) is 8.67. The van der Waals surface area contributed by atoms with Crippen LogP contribution in [0.4, 0.5) is 0 Å². The van der Waals surface area contributed by atoms with Crippen molar-refractivity contribution in [1.29, 1.82) is 0 Å². The molecule has 2 rings (SSSR count). The molecule has 0 atom stereocenters. The molecule has 0 aliphatic heterocycles. The van der Waals surface area contributed by atoms with Gasteiger partial charge in [-0.25, -0.2) is 9.59 Å². The molecule has 1 N–H and O–H groups in total. The van der Waals surface area contributed by atoms with Gasteiger partial charge in [-0.15, -0.1) is 0 Å². The molecule has 0 radical (unpaired) electrons. The lowest BCUT2D eigenvalue weighted by molar-refractivity contribution is -0.157. The van der Waals surface area contributed by atoms with Gasteiger partial charge in [0.2, 0.25) is 0 Å². The molecule has 0 saturated carbocycles. The van der Waals surface area contributed by atoms with E-state index in [9.17, 15) is 14.7 Å². The molecule has 25 heavy (non-hydrogen) atoms. The van der Waals surface area contributed by atoms with Gasteiger partial charge in [0.1, 0.15) is 0 Å². The molecular formula is C20H22O5. The summed E-state index contributed by atoms with van der Waals surface area (Å²) in [6.45, 7) is 3.69. The van der Waals surface area contributed by atoms with Crippen molar-refractivity contribution in [2.45, 2.75) is 24.4 Å². The number of hydrogen-bond donors (Lipinski definition) is 1. The Kier molecular flexibility index (Phi) is 6.71. The Morgan fingerprint density at radius 2 is 1.68 bits per heavy atom. The van der Waals surface area contributed by atoms with E-state index >= 15 is 0 Å². The fraction of sp³-hybridized carbons (Fsp3) is 0.300. The van der Waals surface area contributed by atoms with E-state index in [-0.39, 0.29) is 19.1 Å². The minimum Gasteiger partial charge on any atom is -0.463 e. The number of carbonyl (C=O) groups excluding carboxylic acids is 2. The smallest absolute Gasteiger partial charge is 0.346 e. The maximum atomic E-state index is 12.1. The molecule has 1 aliphatic rings. The van der Waals surface area contributed by atoms with Gasteiger partial charge in [-0.1, -0.05) is 49.1 Å². The maximum absolute atomic E-state index is 12.1. The summed E-state index contributed by atoms with van der Waals surface area (Å²) in [5.74, 6) is -1.17. The minimum absolute atomic E-state index is 0.0221. The molecule has 5 heteroatoms. The van der Waals surface area contributed by atoms with Gasteiger partial charge < -0.3 is 14.6 Å². The molecule has 0 unspecified atom stereocenters. The fourth-order valence-electron chi connectivity index (χ4n) is 2.37. The highest BCUT2D eigenvalue weighted by Crippen LogP contribution is 2.27. The number of carbonyl (C=O) groups is 2. The zero-order chi connectivity index (χ0) is 18.1. The largest absolute Gasteiger partial charge is 0.463 e. The maximum Gasteiger partial charge on any atom is 0.346 e. The lowest BCUT2D eigenvalue weighted by atomic mass is 9.88. The van der Waals surface area contributed by atoms with Crippen LogP contribution in [0.3, 0.4) is 0 Å². The molecule has 1 aromatic rings. The van der Waals surface area contributed by atoms with Crippen molar-refractivity contribution < 1.29 is 24.2 Å². The van der Waals surface area contributed by atoms with Gasteiger partial charge in [0, 0.05) is 12.0 Å². The van der Waals surface area contributed by atoms with E-state index in [4.69, 9.17) is 9.47 Å². The monoisotopic (exact) mass is 342 g/mol. The van der Waals surface area contributed by atoms with Crippen LogP contribution in [0, 0.1) is 0 Å². The summed E-state index contributed by atoms with van der Waals surface area (Å²) < 4.78 is 9.93. The number of ether oxygens (including phenoxy) is 2. The van der Waals surface area contributed by atoms with Crippen LogP contribution in [0.5, 0.6) is 0 Å². The molecule has 5 nitrogen and oxygen atoms in total. The molecule has 0 fully saturated rings. The highest BCUT2D eigenvalue weighted by molar-refractivity contribution is 5.85. The molecule has 0 saturated heterocycles. The quantitative estimate of drug-likeness (QED) is 0.340. The van der Waals surface area contributed by atoms with Crippen LogP contribution in [0.25, 0.3) is 0 Å². The van der Waals surface area contributed by atoms with Crippen molar-refractivity contribution in [2.75, 3.05) is 13.2 Å². The van der Waals surface area contributed by atoms with E-state index < -0.39 is 17.5 Å². The zero-order valence-corrected chi connectivity index (χ0v) is 14.0. The predicted molar refractivity (Wildman–Crippen MR) is 93.8 cm³/mol. The first-order valence-corrected chi connectivity index (χ1v) is 8.17. The summed E-state index contributed by atoms with van der Waals surface area (Å²) in [6, 6.07) is 9.80. The number of esters is 2. The van der Waals surface area contributed by atoms with Crippen LogP contribution < -0.4 is 0 Å². The van der Waals surface area contributed by atoms with Crippen LogP contribution in [0.15, 0.2) is 67.3 Å². The number of aliphatic hydroxyl groups is 1. The Balaban J connectivity index is 1.75. The topological polar surface area (TPSA) is 72.8 Å². The van der Waals surface area contributed by atoms with Gasteiger partial charge in [0.05, 0.1) is 13.2 Å². The zero-order valence-electron chi connectivity index (χ0n) is 14.0. The molecule has 0 spiro atoms. The van der Waals surface area contributed by atoms with Crippen LogP contribution in [0.2, 0.25) is 0 Å². The average molecular weight is 342 g/mol. The number of unbranched alkanes of at least 4 members (excludes halogenated alkanes) is 1. The lowest BCUT2D eigenvalue weighted by Crippen LogP contribution is -2.37. The first kappa shape index (κ1) is 18.7. The van der Waals surface area contributed by atoms with E-state index in [0.29, 0.717) is 12.8 Å². The minimum atomic E-state index is -1.74. The Labute approximate surface area is 147 Å². The van der Waals surface area contributed by atoms with Crippen LogP contribution in [-0.4, -0.2) is 35.9 Å². The standard InChI is InChI=1S/C20H22O5/c1-2-18(21)24-14-6-7-15-25-19(22)20(23)12-10-17(11-13-20)16-8-4-3-5-9-16/h2-5,8-13,17,23H,1,6-7,14-15H2. The molecule has 0 amide bonds. The van der Waals surface area contributed by atoms with Crippen LogP contribution >= 0.6 is 0 Å². The fourth-order valence-corrected chi connectivity index (χ4v) is 2.37. The van der Waals surface area contributed by atoms with Crippen LogP contribution in [0.1, 0.15) is 24.3 Å². The van der Waals surface area contributed by atoms with E-state index in [1.54, 1.807) is 12.2 Å². The number of rotatable bonds is 8. The molecule has 1 aliphatic carbocycles. The highest BCUT2D eigenvalue weighted by atomic mass is 16.6. The van der Waals surface area contributed by atoms with Gasteiger partial charge in [0.15, 0.2) is 5.60 Å². The van der Waals surface area contributed by atoms with Crippen molar-refractivity contribution in [1.82, 2.24) is 0 Å². The third kappa shape index (κ3) is 5.43. The third-order valence-corrected chi connectivity index (χ3v) is 3.81. The van der Waals surface area contributed by atoms with Gasteiger partial charge in [-0.2, -0.15) is 0 Å². The normalized spacial score (nSPS) is 21.6. The number of hydrogen-bond acceptors (Lipinski definition) is 5. The first-order valence-electron chi connectivity index (χ1n) is 8.17. The Bertz CT molecular complexity index is 646. The van der Waals surface area contributed by atoms with E-state index in [1.807, 2.05) is 30.3 Å². The van der Waals surface area contributed by atoms with Gasteiger partial charge >= 0.3 is 11.9 Å². The molecule has 132 valence electrons. The number of benzene rings is 1. The second-order valence-electron chi connectivity index (χ2n) is 5.69. The third-order valence-electron chi connectivity index (χ3n) is 3.81. The van der Waals surface area contributed by atoms with Crippen molar-refractivity contribution in [3.05, 3.63) is 72.9 Å². The second kappa shape index (κ2) is 8.99. The average Bonchev–Trinajstić information content (AvgIpc) is 2.65. The van der Waals surface area contributed by atoms with Gasteiger partial charge in [0.25, 0.3) is 0 Å². The summed E-state index contributed by atoms with van der Waals surface area (Å²) in [5, 5.41) is 10.4. The Hall–Kier alpha value is -2.66. The summed E-state index contributed by atoms with van der Waals surface area (Å²) >= 11 is 0. The second-order valence-corrected chi connectivity index (χ2v) is 5.69. The number of allylic oxidation sites excluding steroid dienone is 2. The first-order chi connectivity index (χ1) is 12.0. The molecule has 1 aromatic carbocycles. The van der Waals surface area contributed by atoms with Crippen molar-refractivity contribution in [2.24, 2.45) is 0 Å². The van der Waals surface area contributed by atoms with E-state index in [0.717, 1.165) is 11.6 Å². The summed E-state index contributed by atoms with van der Waals surface area (Å²) in [4.78, 5) is 22.9. The Morgan fingerprint density at radius 1 is 1.08 bits per heavy atom. The van der Waals surface area contributed by atoms with Crippen molar-refractivity contribution in [3.63, 3.8) is 0 Å². The molecule has 0 bridgehead atoms. The van der Waals surface area contributed by atoms with Crippen molar-refractivity contribution in [3.8, 4) is 0 Å². The molecular weight excluding hydrogens is 320 g/mol. The molecule has 0 aromatic heterocycles. The van der Waals surface area contributed by atoms with Crippen LogP contribution in [-0.2, 0) is 19.1 Å². The molecule has 0 heterocycles. The SMILES string of the molecule is C=CC(=O)OCCCCOC(=O)C1(O)C=CC(c2ccccc2)C=C1. The van der Waals surface area contributed by atoms with Gasteiger partial charge in [-0.05, 0) is 30.6 Å². The lowest BCUT2D eigenvalue weighted by Gasteiger charge is -2.24. The summed E-state index contributed by atoms with van der Waals surface area (Å²) in [5.41, 5.74) is -0.653. The van der Waals surface area contributed by atoms with E-state index in [1.165, 1.54) is 12.2 Å². The Morgan fingerprint density at radius 3 is 2.28 bits per heavy atom. The van der Waals surface area contributed by atoms with E-state index in [2.05, 4.69) is 6.58 Å².